The topological polar surface area (TPSA) is 86.5 Å². The van der Waals surface area contributed by atoms with Crippen molar-refractivity contribution in [3.05, 3.63) is 111 Å². The highest BCUT2D eigenvalue weighted by atomic mass is 35.5. The van der Waals surface area contributed by atoms with E-state index in [1.54, 1.807) is 0 Å². The Labute approximate surface area is 264 Å². The summed E-state index contributed by atoms with van der Waals surface area (Å²) in [5.74, 6) is -6.96. The third-order valence-electron chi connectivity index (χ3n) is 8.01. The number of imidazole rings is 1. The molecule has 2 aromatic heterocycles. The van der Waals surface area contributed by atoms with Crippen molar-refractivity contribution in [3.8, 4) is 17.1 Å². The predicted molar refractivity (Wildman–Crippen MR) is 158 cm³/mol. The van der Waals surface area contributed by atoms with Crippen molar-refractivity contribution in [1.82, 2.24) is 14.5 Å². The van der Waals surface area contributed by atoms with Crippen LogP contribution in [0.5, 0.6) is 5.88 Å². The van der Waals surface area contributed by atoms with E-state index in [1.165, 1.54) is 41.0 Å². The van der Waals surface area contributed by atoms with E-state index in [0.717, 1.165) is 18.2 Å². The average Bonchev–Trinajstić information content (AvgIpc) is 3.54. The number of pyridine rings is 1. The number of ether oxygens (including phenoxy) is 2. The highest BCUT2D eigenvalue weighted by Crippen LogP contribution is 2.41. The number of benzene rings is 3. The molecule has 1 aliphatic rings. The molecule has 238 valence electrons. The molecule has 1 N–H and O–H groups in total. The number of halogens is 6. The Balaban J connectivity index is 1.37. The van der Waals surface area contributed by atoms with Crippen molar-refractivity contribution < 1.29 is 41.3 Å². The van der Waals surface area contributed by atoms with E-state index in [2.05, 4.69) is 9.97 Å². The first-order chi connectivity index (χ1) is 21.8. The first-order valence-electron chi connectivity index (χ1n) is 14.1. The number of carboxylic acid groups (broad SMARTS) is 1. The molecule has 0 bridgehead atoms. The van der Waals surface area contributed by atoms with Crippen LogP contribution in [-0.4, -0.2) is 38.8 Å². The van der Waals surface area contributed by atoms with Crippen LogP contribution in [0.2, 0.25) is 5.02 Å². The van der Waals surface area contributed by atoms with Crippen molar-refractivity contribution in [1.29, 1.82) is 0 Å². The average molecular weight is 658 g/mol. The molecular formula is C33H25ClF5N3O4. The van der Waals surface area contributed by atoms with Crippen LogP contribution in [0.1, 0.15) is 47.2 Å². The van der Waals surface area contributed by atoms with Crippen LogP contribution in [0.4, 0.5) is 22.0 Å². The fourth-order valence-corrected chi connectivity index (χ4v) is 5.71. The Morgan fingerprint density at radius 2 is 1.80 bits per heavy atom. The summed E-state index contributed by atoms with van der Waals surface area (Å²) in [7, 11) is 0. The monoisotopic (exact) mass is 657 g/mol. The number of hydrogen-bond donors (Lipinski definition) is 1. The van der Waals surface area contributed by atoms with Gasteiger partial charge in [-0.3, -0.25) is 0 Å². The lowest BCUT2D eigenvalue weighted by molar-refractivity contribution is 0.0696. The van der Waals surface area contributed by atoms with Crippen molar-refractivity contribution in [3.63, 3.8) is 0 Å². The lowest BCUT2D eigenvalue weighted by Gasteiger charge is -2.28. The van der Waals surface area contributed by atoms with E-state index in [-0.39, 0.29) is 57.8 Å². The molecule has 13 heteroatoms. The van der Waals surface area contributed by atoms with Gasteiger partial charge in [-0.1, -0.05) is 37.6 Å². The molecule has 0 amide bonds. The molecular weight excluding hydrogens is 633 g/mol. The van der Waals surface area contributed by atoms with Crippen molar-refractivity contribution in [2.75, 3.05) is 13.2 Å². The zero-order valence-electron chi connectivity index (χ0n) is 24.4. The zero-order chi connectivity index (χ0) is 32.9. The summed E-state index contributed by atoms with van der Waals surface area (Å²) in [6.45, 7) is 3.99. The number of carbonyl (C=O) groups is 1. The minimum absolute atomic E-state index is 0.00656. The minimum atomic E-state index is -1.50. The van der Waals surface area contributed by atoms with Gasteiger partial charge in [0, 0.05) is 39.6 Å². The van der Waals surface area contributed by atoms with Gasteiger partial charge in [0.2, 0.25) is 5.88 Å². The maximum absolute atomic E-state index is 15.7. The summed E-state index contributed by atoms with van der Waals surface area (Å²) in [5.41, 5.74) is -2.08. The Morgan fingerprint density at radius 1 is 1.02 bits per heavy atom. The summed E-state index contributed by atoms with van der Waals surface area (Å²) in [6, 6.07) is 10.6. The SMILES string of the molecule is CC1(C)COC[C@H]1n1c(Cc2c(F)cc(-c3cccc(OCc4ccc(Cl)cc4F)n3)c(F)c2F)nc2c(F)cc(C(=O)O)cc21. The second-order valence-electron chi connectivity index (χ2n) is 11.6. The van der Waals surface area contributed by atoms with Gasteiger partial charge in [0.05, 0.1) is 36.0 Å². The van der Waals surface area contributed by atoms with Crippen molar-refractivity contribution in [2.24, 2.45) is 5.41 Å². The molecule has 3 heterocycles. The Hall–Kier alpha value is -4.55. The fourth-order valence-electron chi connectivity index (χ4n) is 5.55. The first-order valence-corrected chi connectivity index (χ1v) is 14.4. The molecule has 0 radical (unpaired) electrons. The van der Waals surface area contributed by atoms with Gasteiger partial charge in [-0.15, -0.1) is 0 Å². The molecule has 1 saturated heterocycles. The molecule has 5 aromatic rings. The maximum atomic E-state index is 15.7. The highest BCUT2D eigenvalue weighted by Gasteiger charge is 2.39. The molecule has 6 rings (SSSR count). The number of aromatic nitrogens is 3. The molecule has 46 heavy (non-hydrogen) atoms. The van der Waals surface area contributed by atoms with Crippen LogP contribution in [-0.2, 0) is 17.8 Å². The molecule has 1 aliphatic heterocycles. The summed E-state index contributed by atoms with van der Waals surface area (Å²) in [6.07, 6.45) is -0.582. The molecule has 1 atom stereocenters. The normalized spacial score (nSPS) is 15.9. The number of aromatic carboxylic acids is 1. The number of fused-ring (bicyclic) bond motifs is 1. The van der Waals surface area contributed by atoms with E-state index in [1.807, 2.05) is 13.8 Å². The molecule has 0 unspecified atom stereocenters. The fraction of sp³-hybridized carbons (Fsp3) is 0.242. The molecule has 0 spiro atoms. The summed E-state index contributed by atoms with van der Waals surface area (Å²) < 4.78 is 88.8. The Morgan fingerprint density at radius 3 is 2.50 bits per heavy atom. The smallest absolute Gasteiger partial charge is 0.335 e. The summed E-state index contributed by atoms with van der Waals surface area (Å²) in [5, 5.41) is 9.72. The maximum Gasteiger partial charge on any atom is 0.335 e. The lowest BCUT2D eigenvalue weighted by Crippen LogP contribution is -2.27. The zero-order valence-corrected chi connectivity index (χ0v) is 25.1. The second-order valence-corrected chi connectivity index (χ2v) is 12.1. The van der Waals surface area contributed by atoms with E-state index in [4.69, 9.17) is 21.1 Å². The lowest BCUT2D eigenvalue weighted by atomic mass is 9.87. The largest absolute Gasteiger partial charge is 0.478 e. The van der Waals surface area contributed by atoms with Gasteiger partial charge in [-0.25, -0.2) is 36.7 Å². The molecule has 7 nitrogen and oxygen atoms in total. The van der Waals surface area contributed by atoms with E-state index in [9.17, 15) is 14.3 Å². The third-order valence-corrected chi connectivity index (χ3v) is 8.25. The summed E-state index contributed by atoms with van der Waals surface area (Å²) >= 11 is 5.77. The minimum Gasteiger partial charge on any atom is -0.478 e. The van der Waals surface area contributed by atoms with Crippen LogP contribution < -0.4 is 4.74 Å². The van der Waals surface area contributed by atoms with Crippen LogP contribution in [0.3, 0.4) is 0 Å². The van der Waals surface area contributed by atoms with Crippen molar-refractivity contribution >= 4 is 28.6 Å². The van der Waals surface area contributed by atoms with Gasteiger partial charge >= 0.3 is 5.97 Å². The first kappa shape index (κ1) is 31.4. The highest BCUT2D eigenvalue weighted by molar-refractivity contribution is 6.30. The molecule has 0 aliphatic carbocycles. The molecule has 0 saturated carbocycles. The molecule has 3 aromatic carbocycles. The van der Waals surface area contributed by atoms with Crippen LogP contribution in [0.15, 0.2) is 54.6 Å². The Bertz CT molecular complexity index is 2020. The standard InChI is InChI=1S/C33H25ClF5N3O4/c1-33(2)15-45-14-26(33)42-25-9-17(32(43)44)8-23(37)31(25)41-27(42)12-19-22(36)11-20(30(39)29(19)38)24-4-3-5-28(40-24)46-13-16-6-7-18(34)10-21(16)35/h3-11,26H,12-15H2,1-2H3,(H,43,44)/t26-/m1/s1. The van der Waals surface area contributed by atoms with Crippen LogP contribution in [0.25, 0.3) is 22.3 Å². The van der Waals surface area contributed by atoms with E-state index < -0.39 is 64.1 Å². The number of hydrogen-bond acceptors (Lipinski definition) is 5. The predicted octanol–water partition coefficient (Wildman–Crippen LogP) is 7.91. The van der Waals surface area contributed by atoms with Crippen LogP contribution >= 0.6 is 11.6 Å². The Kier molecular flexibility index (Phi) is 8.20. The number of carboxylic acids is 1. The van der Waals surface area contributed by atoms with Gasteiger partial charge in [0.1, 0.15) is 29.6 Å². The second kappa shape index (κ2) is 12.0. The van der Waals surface area contributed by atoms with Gasteiger partial charge in [0.25, 0.3) is 0 Å². The number of rotatable bonds is 8. The quantitative estimate of drug-likeness (QED) is 0.135. The third kappa shape index (κ3) is 5.78. The molecule has 1 fully saturated rings. The van der Waals surface area contributed by atoms with E-state index >= 15 is 17.6 Å². The van der Waals surface area contributed by atoms with Gasteiger partial charge in [-0.05, 0) is 36.4 Å². The van der Waals surface area contributed by atoms with Gasteiger partial charge in [-0.2, -0.15) is 0 Å². The summed E-state index contributed by atoms with van der Waals surface area (Å²) in [4.78, 5) is 20.1. The van der Waals surface area contributed by atoms with Gasteiger partial charge < -0.3 is 19.1 Å². The number of nitrogens with zero attached hydrogens (tertiary/aromatic N) is 3. The van der Waals surface area contributed by atoms with Crippen LogP contribution in [0, 0.1) is 34.5 Å². The van der Waals surface area contributed by atoms with Crippen molar-refractivity contribution in [2.45, 2.75) is 32.9 Å². The van der Waals surface area contributed by atoms with Gasteiger partial charge in [0.15, 0.2) is 17.5 Å². The van der Waals surface area contributed by atoms with E-state index in [0.29, 0.717) is 6.61 Å².